The van der Waals surface area contributed by atoms with Gasteiger partial charge >= 0.3 is 60.8 Å². The fourth-order valence-corrected chi connectivity index (χ4v) is 0.279. The monoisotopic (exact) mass is 368 g/mol. The molecule has 0 atom stereocenters. The van der Waals surface area contributed by atoms with E-state index in [0.717, 1.165) is 0 Å². The zero-order chi connectivity index (χ0) is 13.1. The fraction of sp³-hybridized carbons (Fsp3) is 0. The molecule has 0 aliphatic carbocycles. The second kappa shape index (κ2) is 13.0. The third-order valence-corrected chi connectivity index (χ3v) is 0.724. The minimum Gasteiger partial charge on any atom is -0.545 e. The molecule has 8 nitrogen and oxygen atoms in total. The van der Waals surface area contributed by atoms with E-state index in [-0.39, 0.29) is 48.9 Å². The van der Waals surface area contributed by atoms with Crippen molar-refractivity contribution >= 4 is 72.8 Å². The van der Waals surface area contributed by atoms with Gasteiger partial charge in [-0.1, -0.05) is 0 Å². The second-order valence-corrected chi connectivity index (χ2v) is 1.98. The molecule has 0 radical (unpaired) electrons. The summed E-state index contributed by atoms with van der Waals surface area (Å²) in [6.07, 6.45) is 1.88. The van der Waals surface area contributed by atoms with Crippen LogP contribution < -0.4 is 10.2 Å². The summed E-state index contributed by atoms with van der Waals surface area (Å²) in [5.74, 6) is -5.61. The van der Waals surface area contributed by atoms with Gasteiger partial charge in [0.15, 0.2) is 0 Å². The average molecular weight is 367 g/mol. The van der Waals surface area contributed by atoms with E-state index in [1.165, 1.54) is 0 Å². The minimum atomic E-state index is -1.55. The molecule has 88 valence electrons. The molecular weight excluding hydrogens is 361 g/mol. The first-order chi connectivity index (χ1) is 7.25. The molecule has 0 saturated carbocycles. The predicted octanol–water partition coefficient (Wildman–Crippen LogP) is -3.63. The van der Waals surface area contributed by atoms with E-state index in [4.69, 9.17) is 10.2 Å². The number of carboxylic acids is 4. The van der Waals surface area contributed by atoms with E-state index in [0.29, 0.717) is 24.3 Å². The van der Waals surface area contributed by atoms with Gasteiger partial charge in [-0.15, -0.1) is 0 Å². The molecule has 0 fully saturated rings. The molecule has 0 aromatic rings. The van der Waals surface area contributed by atoms with Gasteiger partial charge < -0.3 is 30.0 Å². The molecule has 0 spiro atoms. The molecule has 0 bridgehead atoms. The van der Waals surface area contributed by atoms with Crippen molar-refractivity contribution < 1.29 is 39.6 Å². The van der Waals surface area contributed by atoms with Crippen LogP contribution in [0.15, 0.2) is 24.3 Å². The zero-order valence-electron chi connectivity index (χ0n) is 8.36. The molecule has 0 saturated heterocycles. The summed E-state index contributed by atoms with van der Waals surface area (Å²) in [5.41, 5.74) is 0. The maximum absolute atomic E-state index is 9.55. The molecular formula is C8H6BaO8. The number of carboxylic acid groups (broad SMARTS) is 4. The standard InChI is InChI=1S/2C4H4O4.Ba/c2*5-3(6)1-2-4(7)8;/h2*1-2H,(H,5,6)(H,7,8);/q;;+2/p-2/b2*2-1-;. The first-order valence-corrected chi connectivity index (χ1v) is 3.49. The van der Waals surface area contributed by atoms with Crippen molar-refractivity contribution in [3.05, 3.63) is 24.3 Å². The van der Waals surface area contributed by atoms with Crippen LogP contribution in [0.4, 0.5) is 0 Å². The van der Waals surface area contributed by atoms with Gasteiger partial charge in [0.25, 0.3) is 0 Å². The summed E-state index contributed by atoms with van der Waals surface area (Å²) < 4.78 is 0. The van der Waals surface area contributed by atoms with Gasteiger partial charge in [-0.25, -0.2) is 9.59 Å². The summed E-state index contributed by atoms with van der Waals surface area (Å²) in [6, 6.07) is 0. The normalized spacial score (nSPS) is 8.94. The van der Waals surface area contributed by atoms with Gasteiger partial charge in [0.05, 0.1) is 11.9 Å². The molecule has 0 amide bonds. The van der Waals surface area contributed by atoms with Crippen LogP contribution in [0.1, 0.15) is 0 Å². The smallest absolute Gasteiger partial charge is 0.545 e. The summed E-state index contributed by atoms with van der Waals surface area (Å²) >= 11 is 0. The SMILES string of the molecule is O=C(O)/C=C\C(=O)O.O=C([O-])/C=C\C(=O)[O-].[Ba+2]. The number of hydrogen-bond donors (Lipinski definition) is 2. The molecule has 0 aliphatic rings. The Labute approximate surface area is 135 Å². The van der Waals surface area contributed by atoms with E-state index in [1.54, 1.807) is 0 Å². The number of carbonyl (C=O) groups excluding carboxylic acids is 2. The largest absolute Gasteiger partial charge is 2.00 e. The molecule has 9 heteroatoms. The topological polar surface area (TPSA) is 155 Å². The third-order valence-electron chi connectivity index (χ3n) is 0.724. The van der Waals surface area contributed by atoms with Gasteiger partial charge in [-0.05, 0) is 12.2 Å². The molecule has 17 heavy (non-hydrogen) atoms. The van der Waals surface area contributed by atoms with Crippen LogP contribution in [0, 0.1) is 0 Å². The van der Waals surface area contributed by atoms with E-state index in [2.05, 4.69) is 0 Å². The molecule has 0 rings (SSSR count). The Morgan fingerprint density at radius 3 is 1.06 bits per heavy atom. The van der Waals surface area contributed by atoms with Crippen molar-refractivity contribution in [1.82, 2.24) is 0 Å². The van der Waals surface area contributed by atoms with Gasteiger partial charge in [0.1, 0.15) is 0 Å². The quantitative estimate of drug-likeness (QED) is 0.381. The van der Waals surface area contributed by atoms with E-state index >= 15 is 0 Å². The Morgan fingerprint density at radius 2 is 0.941 bits per heavy atom. The van der Waals surface area contributed by atoms with Crippen LogP contribution in [-0.4, -0.2) is 83.0 Å². The van der Waals surface area contributed by atoms with E-state index in [9.17, 15) is 29.4 Å². The number of hydrogen-bond acceptors (Lipinski definition) is 6. The van der Waals surface area contributed by atoms with Gasteiger partial charge in [0.2, 0.25) is 0 Å². The van der Waals surface area contributed by atoms with Gasteiger partial charge in [-0.2, -0.15) is 0 Å². The maximum Gasteiger partial charge on any atom is 2.00 e. The van der Waals surface area contributed by atoms with E-state index in [1.807, 2.05) is 0 Å². The minimum absolute atomic E-state index is 0. The van der Waals surface area contributed by atoms with Crippen molar-refractivity contribution in [2.24, 2.45) is 0 Å². The van der Waals surface area contributed by atoms with Crippen LogP contribution in [0.25, 0.3) is 0 Å². The molecule has 0 aromatic heterocycles. The van der Waals surface area contributed by atoms with Crippen molar-refractivity contribution in [1.29, 1.82) is 0 Å². The Balaban J connectivity index is -0.000000218. The summed E-state index contributed by atoms with van der Waals surface area (Å²) in [4.78, 5) is 37.9. The molecule has 0 aliphatic heterocycles. The van der Waals surface area contributed by atoms with Crippen LogP contribution in [0.3, 0.4) is 0 Å². The fourth-order valence-electron chi connectivity index (χ4n) is 0.279. The predicted molar refractivity (Wildman–Crippen MR) is 49.3 cm³/mol. The average Bonchev–Trinajstić information content (AvgIpc) is 2.12. The molecule has 0 unspecified atom stereocenters. The van der Waals surface area contributed by atoms with Gasteiger partial charge in [0, 0.05) is 12.2 Å². The zero-order valence-corrected chi connectivity index (χ0v) is 12.8. The maximum atomic E-state index is 9.55. The van der Waals surface area contributed by atoms with E-state index < -0.39 is 23.9 Å². The van der Waals surface area contributed by atoms with Crippen molar-refractivity contribution in [2.45, 2.75) is 0 Å². The molecule has 0 aromatic carbocycles. The first-order valence-electron chi connectivity index (χ1n) is 3.49. The Morgan fingerprint density at radius 1 is 0.706 bits per heavy atom. The van der Waals surface area contributed by atoms with Crippen LogP contribution in [-0.2, 0) is 19.2 Å². The van der Waals surface area contributed by atoms with Crippen molar-refractivity contribution in [3.63, 3.8) is 0 Å². The summed E-state index contributed by atoms with van der Waals surface area (Å²) in [7, 11) is 0. The number of rotatable bonds is 4. The summed E-state index contributed by atoms with van der Waals surface area (Å²) in [5, 5.41) is 34.5. The van der Waals surface area contributed by atoms with Crippen LogP contribution >= 0.6 is 0 Å². The Bertz CT molecular complexity index is 277. The Kier molecular flexibility index (Phi) is 16.2. The Hall–Kier alpha value is -1.07. The number of aliphatic carboxylic acids is 4. The molecule has 0 heterocycles. The molecule has 2 N–H and O–H groups in total. The van der Waals surface area contributed by atoms with Gasteiger partial charge in [-0.3, -0.25) is 0 Å². The van der Waals surface area contributed by atoms with Crippen LogP contribution in [0.5, 0.6) is 0 Å². The first kappa shape index (κ1) is 21.2. The summed E-state index contributed by atoms with van der Waals surface area (Å²) in [6.45, 7) is 0. The second-order valence-electron chi connectivity index (χ2n) is 1.98. The van der Waals surface area contributed by atoms with Crippen molar-refractivity contribution in [3.8, 4) is 0 Å². The number of carbonyl (C=O) groups is 4. The van der Waals surface area contributed by atoms with Crippen molar-refractivity contribution in [2.75, 3.05) is 0 Å². The third kappa shape index (κ3) is 31.3. The van der Waals surface area contributed by atoms with Crippen LogP contribution in [0.2, 0.25) is 0 Å².